The molecule has 1 aromatic carbocycles. The largest absolute Gasteiger partial charge is 0.291 e. The molecule has 0 aromatic heterocycles. The molecule has 1 unspecified atom stereocenters. The Morgan fingerprint density at radius 3 is 2.65 bits per heavy atom. The van der Waals surface area contributed by atoms with Crippen LogP contribution in [0.4, 0.5) is 4.39 Å². The van der Waals surface area contributed by atoms with Crippen molar-refractivity contribution in [3.63, 3.8) is 0 Å². The van der Waals surface area contributed by atoms with Gasteiger partial charge in [-0.1, -0.05) is 17.7 Å². The first-order chi connectivity index (χ1) is 7.89. The summed E-state index contributed by atoms with van der Waals surface area (Å²) in [6, 6.07) is 5.50. The van der Waals surface area contributed by atoms with Gasteiger partial charge in [0.2, 0.25) is 0 Å². The maximum Gasteiger partial charge on any atom is 0.142 e. The highest BCUT2D eigenvalue weighted by atomic mass is 35.5. The fraction of sp³-hybridized carbons (Fsp3) is 0.571. The molecule has 0 saturated carbocycles. The number of hydrogen-bond donors (Lipinski definition) is 0. The number of hydrogen-bond acceptors (Lipinski definition) is 1. The maximum atomic E-state index is 13.5. The first kappa shape index (κ1) is 12.8. The van der Waals surface area contributed by atoms with Crippen LogP contribution in [0.15, 0.2) is 18.2 Å². The van der Waals surface area contributed by atoms with Crippen LogP contribution < -0.4 is 0 Å². The van der Waals surface area contributed by atoms with Gasteiger partial charge in [-0.2, -0.15) is 0 Å². The average Bonchev–Trinajstić information content (AvgIpc) is 2.70. The van der Waals surface area contributed by atoms with Crippen LogP contribution in [0.3, 0.4) is 0 Å². The highest BCUT2D eigenvalue weighted by Crippen LogP contribution is 2.37. The minimum Gasteiger partial charge on any atom is -0.291 e. The van der Waals surface area contributed by atoms with Crippen LogP contribution in [0, 0.1) is 5.82 Å². The summed E-state index contributed by atoms with van der Waals surface area (Å²) in [5, 5.41) is 0.203. The number of benzene rings is 1. The molecule has 1 heterocycles. The fourth-order valence-corrected chi connectivity index (χ4v) is 2.75. The number of nitrogens with zero attached hydrogens (tertiary/aromatic N) is 1. The Bertz CT molecular complexity index is 411. The lowest BCUT2D eigenvalue weighted by atomic mass is 9.99. The summed E-state index contributed by atoms with van der Waals surface area (Å²) >= 11 is 5.73. The van der Waals surface area contributed by atoms with Gasteiger partial charge in [-0.05, 0) is 57.9 Å². The Morgan fingerprint density at radius 2 is 2.06 bits per heavy atom. The number of halogens is 2. The minimum absolute atomic E-state index is 0.122. The third-order valence-electron chi connectivity index (χ3n) is 3.44. The van der Waals surface area contributed by atoms with Crippen LogP contribution in [0.2, 0.25) is 5.02 Å². The van der Waals surface area contributed by atoms with Crippen molar-refractivity contribution in [3.05, 3.63) is 34.6 Å². The molecule has 1 aromatic rings. The first-order valence-corrected chi connectivity index (χ1v) is 6.49. The second kappa shape index (κ2) is 4.58. The summed E-state index contributed by atoms with van der Waals surface area (Å²) in [6.45, 7) is 7.70. The molecule has 1 fully saturated rings. The second-order valence-electron chi connectivity index (χ2n) is 5.70. The lowest BCUT2D eigenvalue weighted by molar-refractivity contribution is 0.121. The van der Waals surface area contributed by atoms with E-state index < -0.39 is 0 Å². The normalized spacial score (nSPS) is 22.1. The Morgan fingerprint density at radius 1 is 1.35 bits per heavy atom. The van der Waals surface area contributed by atoms with Gasteiger partial charge in [-0.15, -0.1) is 0 Å². The maximum absolute atomic E-state index is 13.5. The molecule has 0 amide bonds. The van der Waals surface area contributed by atoms with Crippen molar-refractivity contribution in [2.45, 2.75) is 45.2 Å². The molecule has 0 aliphatic carbocycles. The van der Waals surface area contributed by atoms with E-state index >= 15 is 0 Å². The monoisotopic (exact) mass is 255 g/mol. The van der Waals surface area contributed by atoms with Crippen molar-refractivity contribution in [3.8, 4) is 0 Å². The zero-order valence-electron chi connectivity index (χ0n) is 10.6. The average molecular weight is 256 g/mol. The van der Waals surface area contributed by atoms with Crippen LogP contribution in [0.1, 0.15) is 45.2 Å². The molecule has 2 rings (SSSR count). The summed E-state index contributed by atoms with van der Waals surface area (Å²) in [5.41, 5.74) is 1.16. The van der Waals surface area contributed by atoms with Gasteiger partial charge in [-0.3, -0.25) is 4.90 Å². The van der Waals surface area contributed by atoms with Crippen molar-refractivity contribution in [2.24, 2.45) is 0 Å². The molecule has 17 heavy (non-hydrogen) atoms. The SMILES string of the molecule is CC(C)(C)N1CCCC1c1ccc(Cl)c(F)c1. The predicted octanol–water partition coefficient (Wildman–Crippen LogP) is 4.41. The van der Waals surface area contributed by atoms with E-state index in [4.69, 9.17) is 11.6 Å². The minimum atomic E-state index is -0.315. The Labute approximate surface area is 108 Å². The third-order valence-corrected chi connectivity index (χ3v) is 3.75. The summed E-state index contributed by atoms with van der Waals surface area (Å²) in [7, 11) is 0. The van der Waals surface area contributed by atoms with Gasteiger partial charge in [0.05, 0.1) is 5.02 Å². The number of likely N-dealkylation sites (tertiary alicyclic amines) is 1. The van der Waals surface area contributed by atoms with Gasteiger partial charge >= 0.3 is 0 Å². The van der Waals surface area contributed by atoms with E-state index in [0.717, 1.165) is 18.5 Å². The van der Waals surface area contributed by atoms with Gasteiger partial charge in [0, 0.05) is 11.6 Å². The predicted molar refractivity (Wildman–Crippen MR) is 69.8 cm³/mol. The van der Waals surface area contributed by atoms with Crippen LogP contribution in [-0.4, -0.2) is 17.0 Å². The third kappa shape index (κ3) is 2.63. The fourth-order valence-electron chi connectivity index (χ4n) is 2.64. The van der Waals surface area contributed by atoms with Crippen molar-refractivity contribution in [1.29, 1.82) is 0 Å². The molecule has 1 saturated heterocycles. The second-order valence-corrected chi connectivity index (χ2v) is 6.10. The Hall–Kier alpha value is -0.600. The van der Waals surface area contributed by atoms with Crippen LogP contribution in [0.5, 0.6) is 0 Å². The first-order valence-electron chi connectivity index (χ1n) is 6.11. The number of rotatable bonds is 1. The molecule has 0 spiro atoms. The molecule has 0 N–H and O–H groups in total. The quantitative estimate of drug-likeness (QED) is 0.718. The van der Waals surface area contributed by atoms with Crippen molar-refractivity contribution >= 4 is 11.6 Å². The van der Waals surface area contributed by atoms with Gasteiger partial charge in [0.25, 0.3) is 0 Å². The van der Waals surface area contributed by atoms with Gasteiger partial charge < -0.3 is 0 Å². The molecule has 94 valence electrons. The summed E-state index contributed by atoms with van der Waals surface area (Å²) < 4.78 is 13.5. The van der Waals surface area contributed by atoms with E-state index in [1.165, 1.54) is 6.42 Å². The standard InChI is InChI=1S/C14H19ClFN/c1-14(2,3)17-8-4-5-13(17)10-6-7-11(15)12(16)9-10/h6-7,9,13H,4-5,8H2,1-3H3. The van der Waals surface area contributed by atoms with Crippen LogP contribution in [0.25, 0.3) is 0 Å². The lowest BCUT2D eigenvalue weighted by Gasteiger charge is -2.37. The van der Waals surface area contributed by atoms with E-state index in [1.807, 2.05) is 6.07 Å². The molecule has 1 atom stereocenters. The van der Waals surface area contributed by atoms with Crippen molar-refractivity contribution < 1.29 is 4.39 Å². The van der Waals surface area contributed by atoms with Crippen LogP contribution in [-0.2, 0) is 0 Å². The van der Waals surface area contributed by atoms with Gasteiger partial charge in [-0.25, -0.2) is 4.39 Å². The van der Waals surface area contributed by atoms with E-state index in [9.17, 15) is 4.39 Å². The molecule has 3 heteroatoms. The van der Waals surface area contributed by atoms with Crippen LogP contribution >= 0.6 is 11.6 Å². The highest BCUT2D eigenvalue weighted by Gasteiger charge is 2.33. The van der Waals surface area contributed by atoms with Gasteiger partial charge in [0.1, 0.15) is 5.82 Å². The molecular formula is C14H19ClFN. The van der Waals surface area contributed by atoms with E-state index in [1.54, 1.807) is 12.1 Å². The summed E-state index contributed by atoms with van der Waals surface area (Å²) in [6.07, 6.45) is 2.27. The molecule has 0 bridgehead atoms. The molecular weight excluding hydrogens is 237 g/mol. The Kier molecular flexibility index (Phi) is 3.46. The molecule has 1 nitrogen and oxygen atoms in total. The molecule has 1 aliphatic rings. The lowest BCUT2D eigenvalue weighted by Crippen LogP contribution is -2.40. The van der Waals surface area contributed by atoms with Crippen molar-refractivity contribution in [2.75, 3.05) is 6.54 Å². The highest BCUT2D eigenvalue weighted by molar-refractivity contribution is 6.30. The Balaban J connectivity index is 2.29. The summed E-state index contributed by atoms with van der Waals surface area (Å²) in [5.74, 6) is -0.315. The van der Waals surface area contributed by atoms with E-state index in [-0.39, 0.29) is 16.4 Å². The van der Waals surface area contributed by atoms with E-state index in [0.29, 0.717) is 6.04 Å². The van der Waals surface area contributed by atoms with E-state index in [2.05, 4.69) is 25.7 Å². The molecule has 0 radical (unpaired) electrons. The molecule has 1 aliphatic heterocycles. The van der Waals surface area contributed by atoms with Crippen molar-refractivity contribution in [1.82, 2.24) is 4.90 Å². The summed E-state index contributed by atoms with van der Waals surface area (Å²) in [4.78, 5) is 2.44. The topological polar surface area (TPSA) is 3.24 Å². The van der Waals surface area contributed by atoms with Gasteiger partial charge in [0.15, 0.2) is 0 Å². The zero-order chi connectivity index (χ0) is 12.6. The zero-order valence-corrected chi connectivity index (χ0v) is 11.4. The smallest absolute Gasteiger partial charge is 0.142 e.